The molecule has 3 N–H and O–H groups in total. The van der Waals surface area contributed by atoms with Gasteiger partial charge in [-0.15, -0.1) is 0 Å². The van der Waals surface area contributed by atoms with Crippen molar-refractivity contribution in [3.63, 3.8) is 0 Å². The zero-order chi connectivity index (χ0) is 12.8. The Balaban J connectivity index is 4.31. The van der Waals surface area contributed by atoms with E-state index in [0.717, 1.165) is 0 Å². The highest BCUT2D eigenvalue weighted by Gasteiger charge is 2.08. The molecule has 0 spiro atoms. The summed E-state index contributed by atoms with van der Waals surface area (Å²) in [4.78, 5) is 5.95. The number of nitrogens with two attached hydrogens (primary N) is 1. The number of hydrogen-bond donors (Lipinski definition) is 2. The van der Waals surface area contributed by atoms with E-state index < -0.39 is 9.84 Å². The van der Waals surface area contributed by atoms with Gasteiger partial charge in [-0.3, -0.25) is 10.4 Å². The molecule has 6 nitrogen and oxygen atoms in total. The van der Waals surface area contributed by atoms with Gasteiger partial charge < -0.3 is 4.90 Å². The lowest BCUT2D eigenvalue weighted by atomic mass is 10.2. The van der Waals surface area contributed by atoms with Crippen LogP contribution in [0.2, 0.25) is 0 Å². The van der Waals surface area contributed by atoms with Gasteiger partial charge in [-0.25, -0.2) is 14.3 Å². The van der Waals surface area contributed by atoms with E-state index in [4.69, 9.17) is 5.84 Å². The maximum atomic E-state index is 11.0. The van der Waals surface area contributed by atoms with Gasteiger partial charge in [0, 0.05) is 26.4 Å². The molecule has 0 bridgehead atoms. The second-order valence-corrected chi connectivity index (χ2v) is 6.51. The summed E-state index contributed by atoms with van der Waals surface area (Å²) >= 11 is 0. The molecule has 0 radical (unpaired) electrons. The number of hydrazine groups is 1. The first-order valence-corrected chi connectivity index (χ1v) is 7.22. The minimum atomic E-state index is -2.96. The lowest BCUT2D eigenvalue weighted by Crippen LogP contribution is -2.44. The lowest BCUT2D eigenvalue weighted by molar-refractivity contribution is 0.500. The maximum absolute atomic E-state index is 11.0. The molecule has 0 amide bonds. The van der Waals surface area contributed by atoms with Crippen LogP contribution in [0.5, 0.6) is 0 Å². The van der Waals surface area contributed by atoms with Gasteiger partial charge in [-0.1, -0.05) is 13.8 Å². The number of hydrogen-bond acceptors (Lipinski definition) is 4. The van der Waals surface area contributed by atoms with E-state index in [-0.39, 0.29) is 5.75 Å². The SMILES string of the molecule is CC(C)CN=C(NN)N(C)CCS(C)(=O)=O. The predicted octanol–water partition coefficient (Wildman–Crippen LogP) is -0.562. The summed E-state index contributed by atoms with van der Waals surface area (Å²) in [7, 11) is -1.20. The molecule has 0 fully saturated rings. The molecule has 0 heterocycles. The number of nitrogens with zero attached hydrogens (tertiary/aromatic N) is 2. The molecule has 0 saturated carbocycles. The number of rotatable bonds is 5. The highest BCUT2D eigenvalue weighted by molar-refractivity contribution is 7.90. The summed E-state index contributed by atoms with van der Waals surface area (Å²) in [5.74, 6) is 6.36. The Morgan fingerprint density at radius 3 is 2.44 bits per heavy atom. The fourth-order valence-electron chi connectivity index (χ4n) is 0.954. The molecule has 0 aliphatic carbocycles. The molecule has 0 aliphatic rings. The van der Waals surface area contributed by atoms with Crippen molar-refractivity contribution in [2.24, 2.45) is 16.8 Å². The van der Waals surface area contributed by atoms with Crippen LogP contribution in [0.4, 0.5) is 0 Å². The van der Waals surface area contributed by atoms with Crippen molar-refractivity contribution in [2.75, 3.05) is 32.1 Å². The average Bonchev–Trinajstić information content (AvgIpc) is 2.14. The van der Waals surface area contributed by atoms with Gasteiger partial charge in [0.25, 0.3) is 0 Å². The van der Waals surface area contributed by atoms with Crippen molar-refractivity contribution in [2.45, 2.75) is 13.8 Å². The normalized spacial score (nSPS) is 13.0. The lowest BCUT2D eigenvalue weighted by Gasteiger charge is -2.20. The zero-order valence-electron chi connectivity index (χ0n) is 10.4. The van der Waals surface area contributed by atoms with Gasteiger partial charge in [0.2, 0.25) is 5.96 Å². The Morgan fingerprint density at radius 2 is 2.06 bits per heavy atom. The van der Waals surface area contributed by atoms with Crippen molar-refractivity contribution in [1.82, 2.24) is 10.3 Å². The van der Waals surface area contributed by atoms with Crippen molar-refractivity contribution in [1.29, 1.82) is 0 Å². The van der Waals surface area contributed by atoms with Gasteiger partial charge in [-0.05, 0) is 5.92 Å². The maximum Gasteiger partial charge on any atom is 0.208 e. The molecule has 0 rings (SSSR count). The van der Waals surface area contributed by atoms with Crippen molar-refractivity contribution in [3.8, 4) is 0 Å². The second kappa shape index (κ2) is 6.70. The van der Waals surface area contributed by atoms with Crippen LogP contribution in [0.3, 0.4) is 0 Å². The quantitative estimate of drug-likeness (QED) is 0.295. The first-order valence-electron chi connectivity index (χ1n) is 5.16. The molecule has 0 atom stereocenters. The summed E-state index contributed by atoms with van der Waals surface area (Å²) in [5, 5.41) is 0. The predicted molar refractivity (Wildman–Crippen MR) is 66.8 cm³/mol. The molecule has 0 aromatic rings. The second-order valence-electron chi connectivity index (χ2n) is 4.25. The Labute approximate surface area is 97.8 Å². The van der Waals surface area contributed by atoms with Gasteiger partial charge in [-0.2, -0.15) is 0 Å². The first-order chi connectivity index (χ1) is 7.26. The number of aliphatic imine (C=N–C) groups is 1. The van der Waals surface area contributed by atoms with Crippen molar-refractivity contribution >= 4 is 15.8 Å². The van der Waals surface area contributed by atoms with E-state index in [9.17, 15) is 8.42 Å². The van der Waals surface area contributed by atoms with Crippen LogP contribution in [0, 0.1) is 5.92 Å². The fourth-order valence-corrected chi connectivity index (χ4v) is 1.56. The molecule has 16 heavy (non-hydrogen) atoms. The van der Waals surface area contributed by atoms with Gasteiger partial charge in [0.05, 0.1) is 5.75 Å². The van der Waals surface area contributed by atoms with Crippen LogP contribution in [0.1, 0.15) is 13.8 Å². The summed E-state index contributed by atoms with van der Waals surface area (Å²) in [6.07, 6.45) is 1.21. The Bertz CT molecular complexity index is 324. The van der Waals surface area contributed by atoms with E-state index >= 15 is 0 Å². The minimum Gasteiger partial charge on any atom is -0.344 e. The molecular weight excluding hydrogens is 228 g/mol. The number of nitrogens with one attached hydrogen (secondary N) is 1. The standard InChI is InChI=1S/C9H22N4O2S/c1-8(2)7-11-9(12-10)13(3)5-6-16(4,14)15/h8H,5-7,10H2,1-4H3,(H,11,12). The molecular formula is C9H22N4O2S. The molecule has 0 saturated heterocycles. The van der Waals surface area contributed by atoms with Crippen LogP contribution < -0.4 is 11.3 Å². The van der Waals surface area contributed by atoms with Crippen LogP contribution >= 0.6 is 0 Å². The summed E-state index contributed by atoms with van der Waals surface area (Å²) < 4.78 is 22.0. The van der Waals surface area contributed by atoms with E-state index in [2.05, 4.69) is 10.4 Å². The molecule has 0 unspecified atom stereocenters. The first kappa shape index (κ1) is 15.2. The monoisotopic (exact) mass is 250 g/mol. The van der Waals surface area contributed by atoms with Crippen molar-refractivity contribution in [3.05, 3.63) is 0 Å². The van der Waals surface area contributed by atoms with Crippen LogP contribution in [0.25, 0.3) is 0 Å². The molecule has 7 heteroatoms. The van der Waals surface area contributed by atoms with Crippen LogP contribution in [-0.2, 0) is 9.84 Å². The van der Waals surface area contributed by atoms with Crippen LogP contribution in [0.15, 0.2) is 4.99 Å². The number of sulfone groups is 1. The third-order valence-electron chi connectivity index (χ3n) is 1.89. The van der Waals surface area contributed by atoms with Gasteiger partial charge >= 0.3 is 0 Å². The smallest absolute Gasteiger partial charge is 0.208 e. The summed E-state index contributed by atoms with van der Waals surface area (Å²) in [6, 6.07) is 0. The number of guanidine groups is 1. The van der Waals surface area contributed by atoms with E-state index in [1.807, 2.05) is 13.8 Å². The Morgan fingerprint density at radius 1 is 1.50 bits per heavy atom. The van der Waals surface area contributed by atoms with Gasteiger partial charge in [0.1, 0.15) is 9.84 Å². The Hall–Kier alpha value is -0.820. The highest BCUT2D eigenvalue weighted by Crippen LogP contribution is 1.94. The highest BCUT2D eigenvalue weighted by atomic mass is 32.2. The third kappa shape index (κ3) is 7.47. The third-order valence-corrected chi connectivity index (χ3v) is 2.82. The Kier molecular flexibility index (Phi) is 6.35. The zero-order valence-corrected chi connectivity index (χ0v) is 11.2. The summed E-state index contributed by atoms with van der Waals surface area (Å²) in [6.45, 7) is 5.13. The van der Waals surface area contributed by atoms with Gasteiger partial charge in [0.15, 0.2) is 0 Å². The summed E-state index contributed by atoms with van der Waals surface area (Å²) in [5.41, 5.74) is 2.47. The molecule has 0 aliphatic heterocycles. The van der Waals surface area contributed by atoms with E-state index in [1.165, 1.54) is 6.26 Å². The van der Waals surface area contributed by atoms with E-state index in [1.54, 1.807) is 11.9 Å². The van der Waals surface area contributed by atoms with E-state index in [0.29, 0.717) is 25.0 Å². The van der Waals surface area contributed by atoms with Crippen molar-refractivity contribution < 1.29 is 8.42 Å². The van der Waals surface area contributed by atoms with Crippen LogP contribution in [-0.4, -0.2) is 51.4 Å². The average molecular weight is 250 g/mol. The molecule has 0 aromatic heterocycles. The largest absolute Gasteiger partial charge is 0.344 e. The fraction of sp³-hybridized carbons (Fsp3) is 0.889. The topological polar surface area (TPSA) is 87.8 Å². The molecule has 0 aromatic carbocycles. The minimum absolute atomic E-state index is 0.0892. The molecule has 96 valence electrons.